The van der Waals surface area contributed by atoms with E-state index in [0.717, 1.165) is 29.0 Å². The number of fused-ring (bicyclic) bond motifs is 1. The van der Waals surface area contributed by atoms with Crippen molar-refractivity contribution in [1.29, 1.82) is 0 Å². The van der Waals surface area contributed by atoms with Crippen molar-refractivity contribution in [2.45, 2.75) is 45.2 Å². The Kier molecular flexibility index (Phi) is 4.47. The highest BCUT2D eigenvalue weighted by atomic mass is 16.1. The fourth-order valence-corrected chi connectivity index (χ4v) is 2.64. The van der Waals surface area contributed by atoms with Gasteiger partial charge in [0.2, 0.25) is 0 Å². The molecule has 0 spiro atoms. The van der Waals surface area contributed by atoms with E-state index in [2.05, 4.69) is 28.3 Å². The van der Waals surface area contributed by atoms with Crippen molar-refractivity contribution in [2.75, 3.05) is 0 Å². The predicted octanol–water partition coefficient (Wildman–Crippen LogP) is 2.16. The topological polar surface area (TPSA) is 54.4 Å². The molecule has 2 aliphatic rings. The second kappa shape index (κ2) is 6.56. The average Bonchev–Trinajstić information content (AvgIpc) is 3.14. The normalized spacial score (nSPS) is 19.0. The molecule has 1 aromatic carbocycles. The summed E-state index contributed by atoms with van der Waals surface area (Å²) in [5.41, 5.74) is 1.99. The van der Waals surface area contributed by atoms with Crippen LogP contribution in [0.1, 0.15) is 42.6 Å². The van der Waals surface area contributed by atoms with Gasteiger partial charge < -0.3 is 5.32 Å². The summed E-state index contributed by atoms with van der Waals surface area (Å²) < 4.78 is 0. The number of aromatic nitrogens is 1. The summed E-state index contributed by atoms with van der Waals surface area (Å²) in [6, 6.07) is 9.87. The zero-order valence-corrected chi connectivity index (χ0v) is 14.4. The minimum atomic E-state index is 0.0289. The van der Waals surface area contributed by atoms with E-state index in [0.29, 0.717) is 0 Å². The molecule has 1 atom stereocenters. The number of aryl methyl sites for hydroxylation is 1. The van der Waals surface area contributed by atoms with Gasteiger partial charge in [-0.15, -0.1) is 0 Å². The Morgan fingerprint density at radius 1 is 1.25 bits per heavy atom. The van der Waals surface area contributed by atoms with Crippen molar-refractivity contribution >= 4 is 12.0 Å². The maximum absolute atomic E-state index is 12.2. The van der Waals surface area contributed by atoms with Gasteiger partial charge in [0.25, 0.3) is 5.91 Å². The van der Waals surface area contributed by atoms with Crippen LogP contribution in [0, 0.1) is 6.92 Å². The Balaban J connectivity index is 0.000000203. The van der Waals surface area contributed by atoms with Crippen molar-refractivity contribution in [2.24, 2.45) is 4.99 Å². The predicted molar refractivity (Wildman–Crippen MR) is 95.2 cm³/mol. The summed E-state index contributed by atoms with van der Waals surface area (Å²) in [6.07, 6.45) is 7.82. The van der Waals surface area contributed by atoms with Gasteiger partial charge in [0.1, 0.15) is 0 Å². The van der Waals surface area contributed by atoms with Gasteiger partial charge in [-0.2, -0.15) is 0 Å². The van der Waals surface area contributed by atoms with Gasteiger partial charge in [-0.3, -0.25) is 14.8 Å². The third kappa shape index (κ3) is 3.88. The lowest BCUT2D eigenvalue weighted by atomic mass is 10.1. The first-order valence-electron chi connectivity index (χ1n) is 8.35. The molecule has 1 saturated carbocycles. The quantitative estimate of drug-likeness (QED) is 0.921. The van der Waals surface area contributed by atoms with Crippen molar-refractivity contribution in [3.63, 3.8) is 0 Å². The highest BCUT2D eigenvalue weighted by Gasteiger charge is 2.38. The van der Waals surface area contributed by atoms with Crippen molar-refractivity contribution in [3.05, 3.63) is 64.4 Å². The number of nitrogens with zero attached hydrogens (tertiary/aromatic N) is 2. The third-order valence-corrected chi connectivity index (χ3v) is 4.30. The van der Waals surface area contributed by atoms with E-state index in [9.17, 15) is 4.79 Å². The van der Waals surface area contributed by atoms with Crippen LogP contribution in [0.5, 0.6) is 0 Å². The van der Waals surface area contributed by atoms with E-state index in [-0.39, 0.29) is 17.5 Å². The first-order chi connectivity index (χ1) is 11.5. The molecule has 2 heterocycles. The fraction of sp³-hybridized carbons (Fsp3) is 0.350. The molecular weight excluding hydrogens is 298 g/mol. The molecule has 4 heteroatoms. The van der Waals surface area contributed by atoms with Crippen LogP contribution in [0.4, 0.5) is 0 Å². The van der Waals surface area contributed by atoms with Crippen LogP contribution in [-0.2, 0) is 0 Å². The Morgan fingerprint density at radius 2 is 2.04 bits per heavy atom. The van der Waals surface area contributed by atoms with Crippen LogP contribution >= 0.6 is 0 Å². The first kappa shape index (κ1) is 16.4. The molecule has 2 aromatic rings. The summed E-state index contributed by atoms with van der Waals surface area (Å²) in [4.78, 5) is 20.5. The number of benzene rings is 1. The molecule has 1 aromatic heterocycles. The Hall–Kier alpha value is -2.49. The Morgan fingerprint density at radius 3 is 2.62 bits per heavy atom. The molecule has 1 amide bonds. The number of carbonyl (C=O) groups excluding carboxylic acids is 1. The molecule has 0 radical (unpaired) electrons. The summed E-state index contributed by atoms with van der Waals surface area (Å²) >= 11 is 0. The van der Waals surface area contributed by atoms with Gasteiger partial charge in [0, 0.05) is 28.7 Å². The lowest BCUT2D eigenvalue weighted by Crippen LogP contribution is -2.39. The van der Waals surface area contributed by atoms with Crippen molar-refractivity contribution in [1.82, 2.24) is 10.3 Å². The molecular formula is C20H23N3O. The monoisotopic (exact) mass is 321 g/mol. The van der Waals surface area contributed by atoms with Crippen molar-refractivity contribution < 1.29 is 4.79 Å². The van der Waals surface area contributed by atoms with Crippen molar-refractivity contribution in [3.8, 4) is 0 Å². The van der Waals surface area contributed by atoms with E-state index in [1.54, 1.807) is 6.20 Å². The molecule has 4 nitrogen and oxygen atoms in total. The lowest BCUT2D eigenvalue weighted by Gasteiger charge is -2.11. The van der Waals surface area contributed by atoms with Crippen LogP contribution in [0.25, 0.3) is 6.08 Å². The number of carbonyl (C=O) groups is 1. The number of hydrogen-bond donors (Lipinski definition) is 1. The summed E-state index contributed by atoms with van der Waals surface area (Å²) in [6.45, 7) is 6.14. The van der Waals surface area contributed by atoms with Crippen LogP contribution in [-0.4, -0.2) is 22.5 Å². The number of rotatable bonds is 2. The average molecular weight is 321 g/mol. The number of nitrogens with one attached hydrogen (secondary N) is 1. The van der Waals surface area contributed by atoms with Gasteiger partial charge in [0.05, 0.1) is 11.4 Å². The molecule has 24 heavy (non-hydrogen) atoms. The first-order valence-corrected chi connectivity index (χ1v) is 8.35. The number of pyridine rings is 1. The standard InChI is InChI=1S/C14H16N2O.C6H7N/c1-9-8-11-10(4-3-5-12(11)15-9)13(17)16-14(2)6-7-14;1-6-3-2-4-7-5-6/h3-5,8-9H,6-7H2,1-2H3,(H,16,17);2-5H,1H3. The van der Waals surface area contributed by atoms with Gasteiger partial charge in [0.15, 0.2) is 0 Å². The number of hydrogen-bond acceptors (Lipinski definition) is 3. The minimum Gasteiger partial charge on any atom is -0.347 e. The van der Waals surface area contributed by atoms with E-state index < -0.39 is 0 Å². The summed E-state index contributed by atoms with van der Waals surface area (Å²) in [7, 11) is 0. The minimum absolute atomic E-state index is 0.0289. The maximum Gasteiger partial charge on any atom is 0.252 e. The molecule has 0 bridgehead atoms. The third-order valence-electron chi connectivity index (χ3n) is 4.30. The Bertz CT molecular complexity index is 854. The van der Waals surface area contributed by atoms with Crippen LogP contribution in [0.15, 0.2) is 47.7 Å². The second-order valence-corrected chi connectivity index (χ2v) is 6.82. The van der Waals surface area contributed by atoms with E-state index >= 15 is 0 Å². The zero-order chi connectivity index (χ0) is 17.2. The van der Waals surface area contributed by atoms with Crippen LogP contribution < -0.4 is 15.9 Å². The van der Waals surface area contributed by atoms with Gasteiger partial charge in [-0.25, -0.2) is 0 Å². The van der Waals surface area contributed by atoms with E-state index in [4.69, 9.17) is 0 Å². The van der Waals surface area contributed by atoms with E-state index in [1.165, 1.54) is 5.56 Å². The molecule has 1 aliphatic carbocycles. The molecule has 124 valence electrons. The second-order valence-electron chi connectivity index (χ2n) is 6.82. The SMILES string of the molecule is CC1C=c2c(C(=O)NC3(C)CC3)cccc2=N1.Cc1cccnc1. The summed E-state index contributed by atoms with van der Waals surface area (Å²) in [5.74, 6) is 0.0300. The largest absolute Gasteiger partial charge is 0.347 e. The maximum atomic E-state index is 12.2. The molecule has 1 N–H and O–H groups in total. The van der Waals surface area contributed by atoms with Crippen LogP contribution in [0.3, 0.4) is 0 Å². The van der Waals surface area contributed by atoms with E-state index in [1.807, 2.05) is 50.4 Å². The highest BCUT2D eigenvalue weighted by molar-refractivity contribution is 5.95. The smallest absolute Gasteiger partial charge is 0.252 e. The molecule has 0 saturated heterocycles. The summed E-state index contributed by atoms with van der Waals surface area (Å²) in [5, 5.41) is 5.01. The molecule has 1 unspecified atom stereocenters. The molecule has 1 fully saturated rings. The lowest BCUT2D eigenvalue weighted by molar-refractivity contribution is 0.0934. The van der Waals surface area contributed by atoms with Gasteiger partial charge in [-0.05, 0) is 57.4 Å². The number of amides is 1. The molecule has 1 aliphatic heterocycles. The zero-order valence-electron chi connectivity index (χ0n) is 14.4. The molecule has 4 rings (SSSR count). The van der Waals surface area contributed by atoms with Crippen LogP contribution in [0.2, 0.25) is 0 Å². The van der Waals surface area contributed by atoms with Gasteiger partial charge in [-0.1, -0.05) is 18.2 Å². The van der Waals surface area contributed by atoms with Gasteiger partial charge >= 0.3 is 0 Å². The highest BCUT2D eigenvalue weighted by Crippen LogP contribution is 2.34. The fourth-order valence-electron chi connectivity index (χ4n) is 2.64. The Labute approximate surface area is 142 Å².